The molecule has 0 unspecified atom stereocenters. The first kappa shape index (κ1) is 9.71. The topological polar surface area (TPSA) is 34.1 Å². The molecule has 0 heterocycles. The van der Waals surface area contributed by atoms with E-state index in [9.17, 15) is 9.59 Å². The van der Waals surface area contributed by atoms with Gasteiger partial charge in [0.15, 0.2) is 0 Å². The van der Waals surface area contributed by atoms with Crippen LogP contribution in [0.15, 0.2) is 24.3 Å². The van der Waals surface area contributed by atoms with E-state index in [1.807, 2.05) is 0 Å². The summed E-state index contributed by atoms with van der Waals surface area (Å²) in [5, 5.41) is 0. The fourth-order valence-electron chi connectivity index (χ4n) is 5.64. The van der Waals surface area contributed by atoms with E-state index < -0.39 is 0 Å². The SMILES string of the molecule is O=C1[C@@H]2[C@H](C(=O)[C@@H]3[C@H]1[C@H]1C=C[C@@H]3C1)[C@H]1C=C[C@@H]2C1. The molecule has 8 atom stereocenters. The molecule has 0 spiro atoms. The highest BCUT2D eigenvalue weighted by atomic mass is 16.1. The Balaban J connectivity index is 1.65. The second-order valence-corrected chi connectivity index (χ2v) is 6.80. The summed E-state index contributed by atoms with van der Waals surface area (Å²) >= 11 is 0. The van der Waals surface area contributed by atoms with Crippen LogP contribution in [0.1, 0.15) is 12.8 Å². The van der Waals surface area contributed by atoms with Gasteiger partial charge in [0.05, 0.1) is 0 Å². The van der Waals surface area contributed by atoms with Gasteiger partial charge in [-0.25, -0.2) is 0 Å². The highest BCUT2D eigenvalue weighted by Gasteiger charge is 2.63. The average Bonchev–Trinajstić information content (AvgIpc) is 3.10. The predicted octanol–water partition coefficient (Wildman–Crippen LogP) is 2.01. The summed E-state index contributed by atoms with van der Waals surface area (Å²) in [6.45, 7) is 0. The molecular formula is C16H16O2. The molecule has 18 heavy (non-hydrogen) atoms. The molecule has 2 nitrogen and oxygen atoms in total. The van der Waals surface area contributed by atoms with Crippen LogP contribution in [0.2, 0.25) is 0 Å². The third kappa shape index (κ3) is 0.877. The van der Waals surface area contributed by atoms with Gasteiger partial charge < -0.3 is 0 Å². The number of carbonyl (C=O) groups is 2. The quantitative estimate of drug-likeness (QED) is 0.607. The number of Topliss-reactive ketones (excluding diaryl/α,β-unsaturated/α-hetero) is 2. The Hall–Kier alpha value is -1.18. The van der Waals surface area contributed by atoms with E-state index in [0.29, 0.717) is 35.2 Å². The molecule has 0 aromatic carbocycles. The van der Waals surface area contributed by atoms with Crippen molar-refractivity contribution in [2.24, 2.45) is 47.3 Å². The maximum absolute atomic E-state index is 12.8. The Morgan fingerprint density at radius 3 is 1.17 bits per heavy atom. The zero-order valence-electron chi connectivity index (χ0n) is 10.2. The molecule has 3 saturated carbocycles. The van der Waals surface area contributed by atoms with Crippen LogP contribution >= 0.6 is 0 Å². The fraction of sp³-hybridized carbons (Fsp3) is 0.625. The predicted molar refractivity (Wildman–Crippen MR) is 65.4 cm³/mol. The second kappa shape index (κ2) is 2.87. The first-order valence-electron chi connectivity index (χ1n) is 7.20. The van der Waals surface area contributed by atoms with Gasteiger partial charge in [0.1, 0.15) is 11.6 Å². The summed E-state index contributed by atoms with van der Waals surface area (Å²) in [6, 6.07) is 0. The van der Waals surface area contributed by atoms with Crippen LogP contribution in [0.4, 0.5) is 0 Å². The maximum Gasteiger partial charge on any atom is 0.141 e. The fourth-order valence-corrected chi connectivity index (χ4v) is 5.64. The number of rotatable bonds is 0. The average molecular weight is 240 g/mol. The van der Waals surface area contributed by atoms with Crippen molar-refractivity contribution in [1.29, 1.82) is 0 Å². The lowest BCUT2D eigenvalue weighted by Gasteiger charge is -2.40. The largest absolute Gasteiger partial charge is 0.299 e. The van der Waals surface area contributed by atoms with Gasteiger partial charge in [-0.1, -0.05) is 24.3 Å². The van der Waals surface area contributed by atoms with Crippen molar-refractivity contribution in [2.75, 3.05) is 0 Å². The number of allylic oxidation sites excluding steroid dienone is 4. The van der Waals surface area contributed by atoms with Crippen LogP contribution in [0.5, 0.6) is 0 Å². The first-order chi connectivity index (χ1) is 8.75. The van der Waals surface area contributed by atoms with Crippen LogP contribution in [0.25, 0.3) is 0 Å². The molecule has 4 bridgehead atoms. The molecule has 0 amide bonds. The first-order valence-corrected chi connectivity index (χ1v) is 7.20. The minimum Gasteiger partial charge on any atom is -0.299 e. The van der Waals surface area contributed by atoms with E-state index in [1.54, 1.807) is 0 Å². The number of carbonyl (C=O) groups excluding carboxylic acids is 2. The standard InChI is InChI=1S/C16H16O2/c17-15-11-7-1-2-8(5-7)12(11)16(18)14-10-4-3-9(6-10)13(14)15/h1-4,7-14H,5-6H2/t7-,8+,9+,10-,11+,12-,13-,14+. The minimum atomic E-state index is 0.0431. The van der Waals surface area contributed by atoms with Gasteiger partial charge in [-0.3, -0.25) is 9.59 Å². The van der Waals surface area contributed by atoms with E-state index in [0.717, 1.165) is 12.8 Å². The summed E-state index contributed by atoms with van der Waals surface area (Å²) in [5.74, 6) is 2.53. The van der Waals surface area contributed by atoms with Crippen LogP contribution in [-0.2, 0) is 9.59 Å². The minimum absolute atomic E-state index is 0.0431. The Bertz CT molecular complexity index is 441. The monoisotopic (exact) mass is 240 g/mol. The molecule has 0 aromatic rings. The number of hydrogen-bond acceptors (Lipinski definition) is 2. The molecule has 5 rings (SSSR count). The van der Waals surface area contributed by atoms with Crippen LogP contribution in [0, 0.1) is 47.3 Å². The van der Waals surface area contributed by atoms with E-state index in [4.69, 9.17) is 0 Å². The molecular weight excluding hydrogens is 224 g/mol. The molecule has 0 radical (unpaired) electrons. The summed E-state index contributed by atoms with van der Waals surface area (Å²) in [6.07, 6.45) is 10.9. The van der Waals surface area contributed by atoms with Crippen molar-refractivity contribution < 1.29 is 9.59 Å². The molecule has 5 aliphatic rings. The highest BCUT2D eigenvalue weighted by Crippen LogP contribution is 2.60. The molecule has 3 fully saturated rings. The van der Waals surface area contributed by atoms with E-state index in [-0.39, 0.29) is 23.7 Å². The highest BCUT2D eigenvalue weighted by molar-refractivity contribution is 6.02. The zero-order valence-corrected chi connectivity index (χ0v) is 10.2. The summed E-state index contributed by atoms with van der Waals surface area (Å²) < 4.78 is 0. The Morgan fingerprint density at radius 1 is 0.611 bits per heavy atom. The molecule has 5 aliphatic carbocycles. The van der Waals surface area contributed by atoms with Crippen LogP contribution < -0.4 is 0 Å². The molecule has 0 N–H and O–H groups in total. The third-order valence-corrected chi connectivity index (χ3v) is 6.23. The van der Waals surface area contributed by atoms with E-state index in [2.05, 4.69) is 24.3 Å². The second-order valence-electron chi connectivity index (χ2n) is 6.80. The van der Waals surface area contributed by atoms with Crippen molar-refractivity contribution >= 4 is 11.6 Å². The zero-order chi connectivity index (χ0) is 12.0. The number of ketones is 2. The van der Waals surface area contributed by atoms with Crippen LogP contribution in [-0.4, -0.2) is 11.6 Å². The van der Waals surface area contributed by atoms with Crippen molar-refractivity contribution in [1.82, 2.24) is 0 Å². The van der Waals surface area contributed by atoms with E-state index >= 15 is 0 Å². The summed E-state index contributed by atoms with van der Waals surface area (Å²) in [4.78, 5) is 25.6. The smallest absolute Gasteiger partial charge is 0.141 e. The molecule has 92 valence electrons. The normalized spacial score (nSPS) is 58.4. The van der Waals surface area contributed by atoms with Crippen LogP contribution in [0.3, 0.4) is 0 Å². The van der Waals surface area contributed by atoms with E-state index in [1.165, 1.54) is 0 Å². The van der Waals surface area contributed by atoms with Crippen molar-refractivity contribution in [2.45, 2.75) is 12.8 Å². The Labute approximate surface area is 106 Å². The lowest BCUT2D eigenvalue weighted by molar-refractivity contribution is -0.148. The maximum atomic E-state index is 12.8. The number of hydrogen-bond donors (Lipinski definition) is 0. The van der Waals surface area contributed by atoms with Gasteiger partial charge in [0.25, 0.3) is 0 Å². The molecule has 0 aromatic heterocycles. The Morgan fingerprint density at radius 2 is 0.889 bits per heavy atom. The third-order valence-electron chi connectivity index (χ3n) is 6.23. The van der Waals surface area contributed by atoms with Crippen molar-refractivity contribution in [3.8, 4) is 0 Å². The van der Waals surface area contributed by atoms with Gasteiger partial charge in [-0.2, -0.15) is 0 Å². The van der Waals surface area contributed by atoms with Crippen molar-refractivity contribution in [3.05, 3.63) is 24.3 Å². The van der Waals surface area contributed by atoms with Gasteiger partial charge in [-0.15, -0.1) is 0 Å². The molecule has 0 aliphatic heterocycles. The molecule has 0 saturated heterocycles. The summed E-state index contributed by atoms with van der Waals surface area (Å²) in [5.41, 5.74) is 0. The molecule has 2 heteroatoms. The lowest BCUT2D eigenvalue weighted by atomic mass is 9.60. The van der Waals surface area contributed by atoms with Gasteiger partial charge >= 0.3 is 0 Å². The van der Waals surface area contributed by atoms with Gasteiger partial charge in [0, 0.05) is 23.7 Å². The number of fused-ring (bicyclic) bond motifs is 10. The van der Waals surface area contributed by atoms with Gasteiger partial charge in [0.2, 0.25) is 0 Å². The Kier molecular flexibility index (Phi) is 1.55. The van der Waals surface area contributed by atoms with Gasteiger partial charge in [-0.05, 0) is 36.5 Å². The lowest BCUT2D eigenvalue weighted by Crippen LogP contribution is -2.50. The summed E-state index contributed by atoms with van der Waals surface area (Å²) in [7, 11) is 0. The van der Waals surface area contributed by atoms with Crippen molar-refractivity contribution in [3.63, 3.8) is 0 Å².